The predicted molar refractivity (Wildman–Crippen MR) is 64.4 cm³/mol. The number of rotatable bonds is 5. The molecule has 1 rings (SSSR count). The number of aromatic nitrogens is 1. The van der Waals surface area contributed by atoms with Crippen LogP contribution in [-0.2, 0) is 0 Å². The first-order valence-corrected chi connectivity index (χ1v) is 6.21. The quantitative estimate of drug-likeness (QED) is 0.861. The van der Waals surface area contributed by atoms with Crippen molar-refractivity contribution < 1.29 is 0 Å². The molecular weight excluding hydrogens is 230 g/mol. The van der Waals surface area contributed by atoms with Crippen LogP contribution in [0.25, 0.3) is 0 Å². The zero-order valence-corrected chi connectivity index (χ0v) is 10.5. The SMILES string of the molecule is CCC(CC)CNc1nc(Cl)c(C#N)s1. The van der Waals surface area contributed by atoms with E-state index in [0.717, 1.165) is 24.5 Å². The molecule has 1 aromatic rings. The summed E-state index contributed by atoms with van der Waals surface area (Å²) in [4.78, 5) is 4.55. The number of hydrogen-bond donors (Lipinski definition) is 1. The lowest BCUT2D eigenvalue weighted by molar-refractivity contribution is 0.519. The topological polar surface area (TPSA) is 48.7 Å². The molecule has 1 heterocycles. The lowest BCUT2D eigenvalue weighted by Gasteiger charge is -2.11. The summed E-state index contributed by atoms with van der Waals surface area (Å²) >= 11 is 7.07. The van der Waals surface area contributed by atoms with Gasteiger partial charge in [0.1, 0.15) is 10.9 Å². The molecule has 5 heteroatoms. The van der Waals surface area contributed by atoms with Crippen molar-refractivity contribution in [3.8, 4) is 6.07 Å². The largest absolute Gasteiger partial charge is 0.361 e. The Morgan fingerprint density at radius 2 is 2.20 bits per heavy atom. The Morgan fingerprint density at radius 3 is 2.67 bits per heavy atom. The minimum atomic E-state index is 0.301. The van der Waals surface area contributed by atoms with Gasteiger partial charge in [0, 0.05) is 6.54 Å². The number of thiazole rings is 1. The fourth-order valence-electron chi connectivity index (χ4n) is 1.26. The molecule has 0 fully saturated rings. The van der Waals surface area contributed by atoms with Crippen LogP contribution in [0.3, 0.4) is 0 Å². The van der Waals surface area contributed by atoms with E-state index >= 15 is 0 Å². The normalized spacial score (nSPS) is 10.3. The minimum absolute atomic E-state index is 0.301. The molecule has 15 heavy (non-hydrogen) atoms. The highest BCUT2D eigenvalue weighted by atomic mass is 35.5. The Hall–Kier alpha value is -0.790. The van der Waals surface area contributed by atoms with E-state index in [2.05, 4.69) is 24.1 Å². The predicted octanol–water partition coefficient (Wildman–Crippen LogP) is 3.52. The van der Waals surface area contributed by atoms with E-state index < -0.39 is 0 Å². The first-order valence-electron chi connectivity index (χ1n) is 5.01. The van der Waals surface area contributed by atoms with Gasteiger partial charge in [-0.15, -0.1) is 0 Å². The van der Waals surface area contributed by atoms with Gasteiger partial charge in [-0.25, -0.2) is 4.98 Å². The van der Waals surface area contributed by atoms with E-state index in [1.165, 1.54) is 11.3 Å². The Bertz CT molecular complexity index is 352. The summed E-state index contributed by atoms with van der Waals surface area (Å²) in [5.41, 5.74) is 0. The monoisotopic (exact) mass is 243 g/mol. The standard InChI is InChI=1S/C10H14ClN3S/c1-3-7(4-2)6-13-10-14-9(11)8(5-12)15-10/h7H,3-4,6H2,1-2H3,(H,13,14). The van der Waals surface area contributed by atoms with E-state index in [4.69, 9.17) is 16.9 Å². The number of halogens is 1. The molecule has 0 atom stereocenters. The van der Waals surface area contributed by atoms with Crippen LogP contribution in [0.15, 0.2) is 0 Å². The van der Waals surface area contributed by atoms with Gasteiger partial charge in [-0.05, 0) is 5.92 Å². The van der Waals surface area contributed by atoms with Crippen LogP contribution in [0.1, 0.15) is 31.6 Å². The molecule has 0 saturated heterocycles. The number of hydrogen-bond acceptors (Lipinski definition) is 4. The molecule has 1 aromatic heterocycles. The third-order valence-electron chi connectivity index (χ3n) is 2.38. The highest BCUT2D eigenvalue weighted by Gasteiger charge is 2.09. The molecule has 0 radical (unpaired) electrons. The van der Waals surface area contributed by atoms with Crippen molar-refractivity contribution in [3.05, 3.63) is 10.0 Å². The van der Waals surface area contributed by atoms with Gasteiger partial charge >= 0.3 is 0 Å². The molecule has 0 aliphatic rings. The van der Waals surface area contributed by atoms with Gasteiger partial charge in [0.05, 0.1) is 0 Å². The van der Waals surface area contributed by atoms with E-state index in [-0.39, 0.29) is 0 Å². The summed E-state index contributed by atoms with van der Waals surface area (Å²) in [6.45, 7) is 5.23. The zero-order chi connectivity index (χ0) is 11.3. The molecule has 0 amide bonds. The van der Waals surface area contributed by atoms with Crippen LogP contribution < -0.4 is 5.32 Å². The molecule has 0 unspecified atom stereocenters. The van der Waals surface area contributed by atoms with E-state index in [9.17, 15) is 0 Å². The molecule has 1 N–H and O–H groups in total. The summed E-state index contributed by atoms with van der Waals surface area (Å²) in [5, 5.41) is 13.0. The first kappa shape index (κ1) is 12.3. The van der Waals surface area contributed by atoms with Crippen molar-refractivity contribution in [3.63, 3.8) is 0 Å². The third-order valence-corrected chi connectivity index (χ3v) is 3.69. The summed E-state index contributed by atoms with van der Waals surface area (Å²) in [6, 6.07) is 2.02. The summed E-state index contributed by atoms with van der Waals surface area (Å²) in [5.74, 6) is 0.651. The highest BCUT2D eigenvalue weighted by Crippen LogP contribution is 2.26. The Kier molecular flexibility index (Phi) is 4.86. The van der Waals surface area contributed by atoms with Crippen LogP contribution in [0.4, 0.5) is 5.13 Å². The van der Waals surface area contributed by atoms with Crippen LogP contribution >= 0.6 is 22.9 Å². The van der Waals surface area contributed by atoms with Crippen molar-refractivity contribution >= 4 is 28.1 Å². The molecule has 0 bridgehead atoms. The van der Waals surface area contributed by atoms with Crippen molar-refractivity contribution in [2.75, 3.05) is 11.9 Å². The van der Waals surface area contributed by atoms with Gasteiger partial charge in [-0.1, -0.05) is 49.6 Å². The van der Waals surface area contributed by atoms with Gasteiger partial charge in [0.25, 0.3) is 0 Å². The zero-order valence-electron chi connectivity index (χ0n) is 8.88. The van der Waals surface area contributed by atoms with Crippen LogP contribution in [0.2, 0.25) is 5.15 Å². The van der Waals surface area contributed by atoms with Crippen molar-refractivity contribution in [1.29, 1.82) is 5.26 Å². The van der Waals surface area contributed by atoms with E-state index in [0.29, 0.717) is 15.9 Å². The lowest BCUT2D eigenvalue weighted by atomic mass is 10.0. The molecule has 82 valence electrons. The van der Waals surface area contributed by atoms with Crippen LogP contribution in [0.5, 0.6) is 0 Å². The van der Waals surface area contributed by atoms with Crippen LogP contribution in [0, 0.1) is 17.2 Å². The Morgan fingerprint density at radius 1 is 1.53 bits per heavy atom. The summed E-state index contributed by atoms with van der Waals surface area (Å²) in [6.07, 6.45) is 2.29. The highest BCUT2D eigenvalue weighted by molar-refractivity contribution is 7.16. The smallest absolute Gasteiger partial charge is 0.185 e. The molecule has 0 aliphatic heterocycles. The maximum Gasteiger partial charge on any atom is 0.185 e. The van der Waals surface area contributed by atoms with Gasteiger partial charge in [0.15, 0.2) is 10.3 Å². The van der Waals surface area contributed by atoms with Gasteiger partial charge in [-0.2, -0.15) is 5.26 Å². The Balaban J connectivity index is 2.55. The second-order valence-electron chi connectivity index (χ2n) is 3.31. The fourth-order valence-corrected chi connectivity index (χ4v) is 2.21. The molecule has 0 spiro atoms. The molecule has 3 nitrogen and oxygen atoms in total. The van der Waals surface area contributed by atoms with Crippen molar-refractivity contribution in [2.45, 2.75) is 26.7 Å². The molecular formula is C10H14ClN3S. The Labute approximate surface area is 99.1 Å². The molecule has 0 saturated carbocycles. The van der Waals surface area contributed by atoms with E-state index in [1.807, 2.05) is 6.07 Å². The van der Waals surface area contributed by atoms with Crippen molar-refractivity contribution in [1.82, 2.24) is 4.98 Å². The third kappa shape index (κ3) is 3.37. The number of anilines is 1. The minimum Gasteiger partial charge on any atom is -0.361 e. The average Bonchev–Trinajstić information content (AvgIpc) is 2.60. The summed E-state index contributed by atoms with van der Waals surface area (Å²) < 4.78 is 0. The maximum absolute atomic E-state index is 8.71. The molecule has 0 aromatic carbocycles. The fraction of sp³-hybridized carbons (Fsp3) is 0.600. The molecule has 0 aliphatic carbocycles. The van der Waals surface area contributed by atoms with Crippen molar-refractivity contribution in [2.24, 2.45) is 5.92 Å². The van der Waals surface area contributed by atoms with Gasteiger partial charge in [0.2, 0.25) is 0 Å². The summed E-state index contributed by atoms with van der Waals surface area (Å²) in [7, 11) is 0. The second kappa shape index (κ2) is 5.94. The lowest BCUT2D eigenvalue weighted by Crippen LogP contribution is -2.12. The second-order valence-corrected chi connectivity index (χ2v) is 4.67. The van der Waals surface area contributed by atoms with E-state index in [1.54, 1.807) is 0 Å². The number of nitriles is 1. The van der Waals surface area contributed by atoms with Gasteiger partial charge in [-0.3, -0.25) is 0 Å². The number of nitrogens with one attached hydrogen (secondary N) is 1. The van der Waals surface area contributed by atoms with Gasteiger partial charge < -0.3 is 5.32 Å². The van der Waals surface area contributed by atoms with Crippen LogP contribution in [-0.4, -0.2) is 11.5 Å². The first-order chi connectivity index (χ1) is 7.21. The maximum atomic E-state index is 8.71. The average molecular weight is 244 g/mol. The number of nitrogens with zero attached hydrogens (tertiary/aromatic N) is 2.